The zero-order valence-electron chi connectivity index (χ0n) is 10.2. The highest BCUT2D eigenvalue weighted by Crippen LogP contribution is 2.13. The number of anilines is 2. The average Bonchev–Trinajstić information content (AvgIpc) is 2.46. The van der Waals surface area contributed by atoms with Crippen LogP contribution in [0.25, 0.3) is 0 Å². The maximum Gasteiger partial charge on any atom is 0.322 e. The Morgan fingerprint density at radius 1 is 1.16 bits per heavy atom. The topological polar surface area (TPSA) is 98.0 Å². The minimum absolute atomic E-state index is 0.182. The van der Waals surface area contributed by atoms with Gasteiger partial charge in [-0.15, -0.1) is 0 Å². The van der Waals surface area contributed by atoms with Crippen LogP contribution in [-0.4, -0.2) is 22.1 Å². The molecule has 2 rings (SSSR count). The number of ether oxygens (including phenoxy) is 1. The molecule has 2 aromatic rings. The molecule has 100 valence electrons. The van der Waals surface area contributed by atoms with Gasteiger partial charge in [-0.05, 0) is 17.7 Å². The lowest BCUT2D eigenvalue weighted by atomic mass is 10.2. The van der Waals surface area contributed by atoms with E-state index in [1.54, 1.807) is 0 Å². The minimum Gasteiger partial charge on any atom is -0.467 e. The van der Waals surface area contributed by atoms with Crippen LogP contribution >= 0.6 is 11.6 Å². The van der Waals surface area contributed by atoms with Crippen LogP contribution in [0.3, 0.4) is 0 Å². The van der Waals surface area contributed by atoms with Gasteiger partial charge in [0.2, 0.25) is 11.9 Å². The summed E-state index contributed by atoms with van der Waals surface area (Å²) in [5, 5.41) is 3.74. The molecule has 7 nitrogen and oxygen atoms in total. The number of rotatable bonds is 5. The molecule has 0 atom stereocenters. The molecule has 0 bridgehead atoms. The van der Waals surface area contributed by atoms with E-state index in [9.17, 15) is 0 Å². The molecule has 8 heteroatoms. The lowest BCUT2D eigenvalue weighted by Gasteiger charge is -2.07. The van der Waals surface area contributed by atoms with Gasteiger partial charge in [0.1, 0.15) is 0 Å². The van der Waals surface area contributed by atoms with Crippen molar-refractivity contribution in [2.24, 2.45) is 5.84 Å². The van der Waals surface area contributed by atoms with Gasteiger partial charge in [0, 0.05) is 11.6 Å². The van der Waals surface area contributed by atoms with Crippen molar-refractivity contribution in [2.75, 3.05) is 17.9 Å². The van der Waals surface area contributed by atoms with Gasteiger partial charge in [0.25, 0.3) is 0 Å². The number of nitrogen functional groups attached to an aromatic ring is 1. The van der Waals surface area contributed by atoms with Crippen LogP contribution < -0.4 is 21.3 Å². The molecule has 0 spiro atoms. The van der Waals surface area contributed by atoms with E-state index in [0.717, 1.165) is 5.56 Å². The Kier molecular flexibility index (Phi) is 4.32. The van der Waals surface area contributed by atoms with Crippen molar-refractivity contribution in [3.63, 3.8) is 0 Å². The van der Waals surface area contributed by atoms with Gasteiger partial charge in [-0.1, -0.05) is 23.7 Å². The number of nitrogens with one attached hydrogen (secondary N) is 2. The Balaban J connectivity index is 2.08. The van der Waals surface area contributed by atoms with Crippen molar-refractivity contribution in [1.82, 2.24) is 15.0 Å². The fraction of sp³-hybridized carbons (Fsp3) is 0.182. The van der Waals surface area contributed by atoms with Gasteiger partial charge in [0.05, 0.1) is 7.11 Å². The normalized spacial score (nSPS) is 10.1. The summed E-state index contributed by atoms with van der Waals surface area (Å²) in [7, 11) is 1.47. The van der Waals surface area contributed by atoms with Crippen LogP contribution in [-0.2, 0) is 6.54 Å². The first-order valence-corrected chi connectivity index (χ1v) is 5.84. The van der Waals surface area contributed by atoms with Crippen LogP contribution in [0.4, 0.5) is 11.9 Å². The summed E-state index contributed by atoms with van der Waals surface area (Å²) in [4.78, 5) is 12.0. The largest absolute Gasteiger partial charge is 0.467 e. The van der Waals surface area contributed by atoms with E-state index in [1.165, 1.54) is 7.11 Å². The van der Waals surface area contributed by atoms with Gasteiger partial charge in [0.15, 0.2) is 0 Å². The van der Waals surface area contributed by atoms with E-state index >= 15 is 0 Å². The summed E-state index contributed by atoms with van der Waals surface area (Å²) in [5.74, 6) is 5.86. The van der Waals surface area contributed by atoms with Crippen molar-refractivity contribution >= 4 is 23.5 Å². The molecule has 0 amide bonds. The molecule has 0 saturated carbocycles. The molecule has 1 aromatic heterocycles. The highest BCUT2D eigenvalue weighted by Gasteiger charge is 2.05. The Bertz CT molecular complexity index is 525. The molecular formula is C11H13ClN6O. The molecule has 0 fully saturated rings. The maximum atomic E-state index is 5.82. The third-order valence-electron chi connectivity index (χ3n) is 2.29. The van der Waals surface area contributed by atoms with Crippen LogP contribution in [0.1, 0.15) is 5.56 Å². The molecule has 1 heterocycles. The first-order valence-electron chi connectivity index (χ1n) is 5.46. The molecule has 0 saturated heterocycles. The molecule has 0 aliphatic carbocycles. The third-order valence-corrected chi connectivity index (χ3v) is 2.54. The Morgan fingerprint density at radius 2 is 1.84 bits per heavy atom. The Labute approximate surface area is 115 Å². The number of nitrogens with two attached hydrogens (primary N) is 1. The molecule has 0 unspecified atom stereocenters. The highest BCUT2D eigenvalue weighted by atomic mass is 35.5. The Hall–Kier alpha value is -2.12. The quantitative estimate of drug-likeness (QED) is 0.563. The number of hydrazine groups is 1. The van der Waals surface area contributed by atoms with Crippen molar-refractivity contribution in [2.45, 2.75) is 6.54 Å². The highest BCUT2D eigenvalue weighted by molar-refractivity contribution is 6.30. The number of halogens is 1. The van der Waals surface area contributed by atoms with E-state index in [2.05, 4.69) is 25.7 Å². The first-order chi connectivity index (χ1) is 9.21. The van der Waals surface area contributed by atoms with E-state index in [4.69, 9.17) is 22.2 Å². The van der Waals surface area contributed by atoms with Gasteiger partial charge >= 0.3 is 6.01 Å². The zero-order valence-corrected chi connectivity index (χ0v) is 11.0. The lowest BCUT2D eigenvalue weighted by Crippen LogP contribution is -2.14. The second-order valence-electron chi connectivity index (χ2n) is 3.59. The molecule has 0 aliphatic heterocycles. The molecule has 4 N–H and O–H groups in total. The van der Waals surface area contributed by atoms with Crippen LogP contribution in [0.5, 0.6) is 6.01 Å². The second-order valence-corrected chi connectivity index (χ2v) is 4.03. The van der Waals surface area contributed by atoms with Crippen molar-refractivity contribution in [3.05, 3.63) is 34.9 Å². The number of benzene rings is 1. The molecule has 19 heavy (non-hydrogen) atoms. The fourth-order valence-electron chi connectivity index (χ4n) is 1.37. The zero-order chi connectivity index (χ0) is 13.7. The van der Waals surface area contributed by atoms with Crippen molar-refractivity contribution < 1.29 is 4.74 Å². The van der Waals surface area contributed by atoms with Crippen LogP contribution in [0.15, 0.2) is 24.3 Å². The van der Waals surface area contributed by atoms with Crippen molar-refractivity contribution in [3.8, 4) is 6.01 Å². The van der Waals surface area contributed by atoms with Gasteiger partial charge in [-0.3, -0.25) is 5.43 Å². The number of aromatic nitrogens is 3. The van der Waals surface area contributed by atoms with Gasteiger partial charge in [-0.2, -0.15) is 15.0 Å². The van der Waals surface area contributed by atoms with E-state index in [0.29, 0.717) is 17.5 Å². The summed E-state index contributed by atoms with van der Waals surface area (Å²) in [6.07, 6.45) is 0. The summed E-state index contributed by atoms with van der Waals surface area (Å²) < 4.78 is 4.95. The van der Waals surface area contributed by atoms with Gasteiger partial charge in [-0.25, -0.2) is 5.84 Å². The molecule has 0 radical (unpaired) electrons. The number of nitrogens with zero attached hydrogens (tertiary/aromatic N) is 3. The average molecular weight is 281 g/mol. The standard InChI is InChI=1S/C11H13ClN6O/c1-19-11-16-9(15-10(17-11)18-13)14-6-7-2-4-8(12)5-3-7/h2-5H,6,13H2,1H3,(H2,14,15,16,17,18). The summed E-state index contributed by atoms with van der Waals surface area (Å²) >= 11 is 5.82. The summed E-state index contributed by atoms with van der Waals surface area (Å²) in [6, 6.07) is 7.64. The number of hydrogen-bond donors (Lipinski definition) is 3. The second kappa shape index (κ2) is 6.17. The lowest BCUT2D eigenvalue weighted by molar-refractivity contribution is 0.379. The number of methoxy groups -OCH3 is 1. The molecule has 0 aliphatic rings. The monoisotopic (exact) mass is 280 g/mol. The predicted octanol–water partition coefficient (Wildman–Crippen LogP) is 1.43. The number of hydrogen-bond acceptors (Lipinski definition) is 7. The van der Waals surface area contributed by atoms with E-state index in [-0.39, 0.29) is 12.0 Å². The summed E-state index contributed by atoms with van der Waals surface area (Å²) in [5.41, 5.74) is 3.40. The van der Waals surface area contributed by atoms with E-state index in [1.807, 2.05) is 24.3 Å². The van der Waals surface area contributed by atoms with Gasteiger partial charge < -0.3 is 10.1 Å². The molecular weight excluding hydrogens is 268 g/mol. The third kappa shape index (κ3) is 3.67. The first kappa shape index (κ1) is 13.3. The SMILES string of the molecule is COc1nc(NN)nc(NCc2ccc(Cl)cc2)n1. The Morgan fingerprint density at radius 3 is 2.47 bits per heavy atom. The van der Waals surface area contributed by atoms with Crippen molar-refractivity contribution in [1.29, 1.82) is 0 Å². The van der Waals surface area contributed by atoms with Crippen LogP contribution in [0, 0.1) is 0 Å². The maximum absolute atomic E-state index is 5.82. The van der Waals surface area contributed by atoms with Crippen LogP contribution in [0.2, 0.25) is 5.02 Å². The predicted molar refractivity (Wildman–Crippen MR) is 73.0 cm³/mol. The summed E-state index contributed by atoms with van der Waals surface area (Å²) in [6.45, 7) is 0.550. The smallest absolute Gasteiger partial charge is 0.322 e. The molecule has 1 aromatic carbocycles. The fourth-order valence-corrected chi connectivity index (χ4v) is 1.50. The van der Waals surface area contributed by atoms with E-state index < -0.39 is 0 Å². The minimum atomic E-state index is 0.182.